The molecule has 1 fully saturated rings. The lowest BCUT2D eigenvalue weighted by Crippen LogP contribution is -2.50. The Bertz CT molecular complexity index is 465. The van der Waals surface area contributed by atoms with Crippen LogP contribution in [0.3, 0.4) is 0 Å². The zero-order chi connectivity index (χ0) is 15.7. The summed E-state index contributed by atoms with van der Waals surface area (Å²) in [6.45, 7) is 7.33. The molecule has 3 nitrogen and oxygen atoms in total. The van der Waals surface area contributed by atoms with Crippen LogP contribution in [0.1, 0.15) is 58.2 Å². The average Bonchev–Trinajstić information content (AvgIpc) is 2.85. The molecule has 1 N–H and O–H groups in total. The molecule has 2 atom stereocenters. The summed E-state index contributed by atoms with van der Waals surface area (Å²) in [6, 6.07) is 1.20. The number of aromatic nitrogens is 2. The van der Waals surface area contributed by atoms with Crippen LogP contribution in [0.5, 0.6) is 0 Å². The molecular formula is C15H24F3N3. The SMILES string of the molecule is CCCNC1C(n2ccc(C(F)(F)F)n2)CCCC1(C)C. The Labute approximate surface area is 123 Å². The Morgan fingerprint density at radius 1 is 1.43 bits per heavy atom. The highest BCUT2D eigenvalue weighted by Gasteiger charge is 2.41. The second-order valence-electron chi connectivity index (χ2n) is 6.56. The third kappa shape index (κ3) is 3.59. The van der Waals surface area contributed by atoms with Gasteiger partial charge in [0, 0.05) is 12.2 Å². The molecule has 1 aliphatic carbocycles. The molecule has 1 aromatic rings. The van der Waals surface area contributed by atoms with Gasteiger partial charge in [-0.15, -0.1) is 0 Å². The van der Waals surface area contributed by atoms with Crippen LogP contribution in [-0.4, -0.2) is 22.4 Å². The lowest BCUT2D eigenvalue weighted by Gasteiger charge is -2.44. The monoisotopic (exact) mass is 303 g/mol. The van der Waals surface area contributed by atoms with E-state index < -0.39 is 11.9 Å². The van der Waals surface area contributed by atoms with Crippen LogP contribution in [0.15, 0.2) is 12.3 Å². The van der Waals surface area contributed by atoms with Crippen molar-refractivity contribution in [3.63, 3.8) is 0 Å². The summed E-state index contributed by atoms with van der Waals surface area (Å²) in [7, 11) is 0. The summed E-state index contributed by atoms with van der Waals surface area (Å²) in [5, 5.41) is 7.30. The smallest absolute Gasteiger partial charge is 0.311 e. The fraction of sp³-hybridized carbons (Fsp3) is 0.800. The van der Waals surface area contributed by atoms with Gasteiger partial charge in [0.05, 0.1) is 6.04 Å². The number of nitrogens with zero attached hydrogens (tertiary/aromatic N) is 2. The van der Waals surface area contributed by atoms with Gasteiger partial charge < -0.3 is 5.32 Å². The van der Waals surface area contributed by atoms with Crippen molar-refractivity contribution in [3.8, 4) is 0 Å². The van der Waals surface area contributed by atoms with Crippen LogP contribution in [0, 0.1) is 5.41 Å². The van der Waals surface area contributed by atoms with E-state index >= 15 is 0 Å². The largest absolute Gasteiger partial charge is 0.435 e. The van der Waals surface area contributed by atoms with Crippen molar-refractivity contribution in [2.24, 2.45) is 5.41 Å². The predicted octanol–water partition coefficient (Wildman–Crippen LogP) is 4.02. The van der Waals surface area contributed by atoms with E-state index in [-0.39, 0.29) is 17.5 Å². The average molecular weight is 303 g/mol. The molecule has 120 valence electrons. The first-order valence-electron chi connectivity index (χ1n) is 7.61. The first-order chi connectivity index (χ1) is 9.75. The molecule has 0 amide bonds. The van der Waals surface area contributed by atoms with Crippen LogP contribution in [0.2, 0.25) is 0 Å². The summed E-state index contributed by atoms with van der Waals surface area (Å²) >= 11 is 0. The Kier molecular flexibility index (Phi) is 4.66. The summed E-state index contributed by atoms with van der Waals surface area (Å²) in [6.07, 6.45) is 1.06. The Morgan fingerprint density at radius 3 is 2.71 bits per heavy atom. The van der Waals surface area contributed by atoms with Gasteiger partial charge >= 0.3 is 6.18 Å². The third-order valence-corrected chi connectivity index (χ3v) is 4.40. The second-order valence-corrected chi connectivity index (χ2v) is 6.56. The molecule has 0 bridgehead atoms. The molecule has 1 heterocycles. The van der Waals surface area contributed by atoms with Crippen molar-refractivity contribution < 1.29 is 13.2 Å². The quantitative estimate of drug-likeness (QED) is 0.910. The van der Waals surface area contributed by atoms with E-state index in [4.69, 9.17) is 0 Å². The standard InChI is InChI=1S/C15H24F3N3/c1-4-9-19-13-11(6-5-8-14(13,2)3)21-10-7-12(20-21)15(16,17)18/h7,10-11,13,19H,4-6,8-9H2,1-3H3. The zero-order valence-electron chi connectivity index (χ0n) is 12.9. The van der Waals surface area contributed by atoms with E-state index in [1.165, 1.54) is 10.9 Å². The number of hydrogen-bond donors (Lipinski definition) is 1. The maximum absolute atomic E-state index is 12.7. The van der Waals surface area contributed by atoms with Gasteiger partial charge in [-0.2, -0.15) is 18.3 Å². The summed E-state index contributed by atoms with van der Waals surface area (Å²) in [5.41, 5.74) is -0.747. The highest BCUT2D eigenvalue weighted by atomic mass is 19.4. The third-order valence-electron chi connectivity index (χ3n) is 4.40. The van der Waals surface area contributed by atoms with E-state index in [1.54, 1.807) is 0 Å². The van der Waals surface area contributed by atoms with Crippen molar-refractivity contribution in [2.75, 3.05) is 6.54 Å². The van der Waals surface area contributed by atoms with E-state index in [0.717, 1.165) is 38.3 Å². The van der Waals surface area contributed by atoms with Gasteiger partial charge in [0.15, 0.2) is 5.69 Å². The number of halogens is 3. The minimum absolute atomic E-state index is 0.0172. The van der Waals surface area contributed by atoms with Crippen LogP contribution in [-0.2, 0) is 6.18 Å². The fourth-order valence-corrected chi connectivity index (χ4v) is 3.28. The van der Waals surface area contributed by atoms with E-state index in [2.05, 4.69) is 31.2 Å². The van der Waals surface area contributed by atoms with Crippen molar-refractivity contribution in [1.82, 2.24) is 15.1 Å². The molecule has 0 radical (unpaired) electrons. The van der Waals surface area contributed by atoms with Gasteiger partial charge in [-0.1, -0.05) is 27.2 Å². The number of nitrogens with one attached hydrogen (secondary N) is 1. The van der Waals surface area contributed by atoms with Gasteiger partial charge in [0.2, 0.25) is 0 Å². The first kappa shape index (κ1) is 16.3. The Balaban J connectivity index is 2.24. The van der Waals surface area contributed by atoms with Gasteiger partial charge in [0.1, 0.15) is 0 Å². The minimum Gasteiger partial charge on any atom is -0.311 e. The highest BCUT2D eigenvalue weighted by molar-refractivity contribution is 5.06. The highest BCUT2D eigenvalue weighted by Crippen LogP contribution is 2.41. The number of hydrogen-bond acceptors (Lipinski definition) is 2. The number of rotatable bonds is 4. The van der Waals surface area contributed by atoms with Crippen molar-refractivity contribution >= 4 is 0 Å². The number of alkyl halides is 3. The zero-order valence-corrected chi connectivity index (χ0v) is 12.9. The molecule has 0 saturated heterocycles. The van der Waals surface area contributed by atoms with E-state index in [9.17, 15) is 13.2 Å². The van der Waals surface area contributed by atoms with Gasteiger partial charge in [0.25, 0.3) is 0 Å². The topological polar surface area (TPSA) is 29.9 Å². The minimum atomic E-state index is -4.37. The molecule has 0 spiro atoms. The summed E-state index contributed by atoms with van der Waals surface area (Å²) in [4.78, 5) is 0. The molecule has 1 aliphatic rings. The van der Waals surface area contributed by atoms with Gasteiger partial charge in [-0.3, -0.25) is 4.68 Å². The molecule has 2 unspecified atom stereocenters. The fourth-order valence-electron chi connectivity index (χ4n) is 3.28. The summed E-state index contributed by atoms with van der Waals surface area (Å²) in [5.74, 6) is 0. The second kappa shape index (κ2) is 5.99. The molecule has 2 rings (SSSR count). The Morgan fingerprint density at radius 2 is 2.14 bits per heavy atom. The maximum Gasteiger partial charge on any atom is 0.435 e. The predicted molar refractivity (Wildman–Crippen MR) is 76.0 cm³/mol. The van der Waals surface area contributed by atoms with Crippen LogP contribution in [0.4, 0.5) is 13.2 Å². The normalized spacial score (nSPS) is 26.0. The first-order valence-corrected chi connectivity index (χ1v) is 7.61. The van der Waals surface area contributed by atoms with Gasteiger partial charge in [-0.25, -0.2) is 0 Å². The van der Waals surface area contributed by atoms with Crippen molar-refractivity contribution in [2.45, 2.75) is 64.7 Å². The van der Waals surface area contributed by atoms with Crippen LogP contribution >= 0.6 is 0 Å². The molecule has 0 aromatic carbocycles. The Hall–Kier alpha value is -1.04. The lowest BCUT2D eigenvalue weighted by atomic mass is 9.70. The maximum atomic E-state index is 12.7. The molecule has 6 heteroatoms. The molecule has 1 saturated carbocycles. The van der Waals surface area contributed by atoms with E-state index in [1.807, 2.05) is 0 Å². The van der Waals surface area contributed by atoms with Crippen molar-refractivity contribution in [1.29, 1.82) is 0 Å². The van der Waals surface area contributed by atoms with Gasteiger partial charge in [-0.05, 0) is 37.3 Å². The molecule has 21 heavy (non-hydrogen) atoms. The van der Waals surface area contributed by atoms with Crippen LogP contribution < -0.4 is 5.32 Å². The molecule has 1 aromatic heterocycles. The van der Waals surface area contributed by atoms with Crippen molar-refractivity contribution in [3.05, 3.63) is 18.0 Å². The lowest BCUT2D eigenvalue weighted by molar-refractivity contribution is -0.141. The molecule has 0 aliphatic heterocycles. The van der Waals surface area contributed by atoms with Crippen LogP contribution in [0.25, 0.3) is 0 Å². The molecular weight excluding hydrogens is 279 g/mol. The summed E-state index contributed by atoms with van der Waals surface area (Å²) < 4.78 is 39.7. The van der Waals surface area contributed by atoms with E-state index in [0.29, 0.717) is 0 Å².